The first-order valence-electron chi connectivity index (χ1n) is 9.66. The van der Waals surface area contributed by atoms with Crippen LogP contribution in [0.4, 0.5) is 10.7 Å². The monoisotopic (exact) mass is 438 g/mol. The van der Waals surface area contributed by atoms with Gasteiger partial charge in [-0.3, -0.25) is 9.59 Å². The Bertz CT molecular complexity index is 1150. The standard InChI is InChI=1S/C23H22N2O5S/c1-12-20-16(13-4-9-18(30-3)17(26)10-13)11-19(27)25-23(20)31-21(12)22(28)24-14-5-7-15(29-2)8-6-14/h4-10,16,26H,11H2,1-3H3,(H,24,28)(H,25,27)/t16-/m0/s1. The van der Waals surface area contributed by atoms with E-state index in [0.29, 0.717) is 27.1 Å². The molecular weight excluding hydrogens is 416 g/mol. The summed E-state index contributed by atoms with van der Waals surface area (Å²) in [6.07, 6.45) is 0.232. The van der Waals surface area contributed by atoms with Crippen LogP contribution in [0.2, 0.25) is 0 Å². The Hall–Kier alpha value is -3.52. The molecule has 1 atom stereocenters. The number of anilines is 2. The Labute approximate surface area is 183 Å². The van der Waals surface area contributed by atoms with E-state index in [4.69, 9.17) is 9.47 Å². The second-order valence-electron chi connectivity index (χ2n) is 7.22. The number of hydrogen-bond donors (Lipinski definition) is 3. The molecule has 1 aliphatic heterocycles. The lowest BCUT2D eigenvalue weighted by Gasteiger charge is -2.24. The number of phenols is 1. The lowest BCUT2D eigenvalue weighted by atomic mass is 9.84. The topological polar surface area (TPSA) is 96.9 Å². The highest BCUT2D eigenvalue weighted by Crippen LogP contribution is 2.46. The lowest BCUT2D eigenvalue weighted by molar-refractivity contribution is -0.116. The Morgan fingerprint density at radius 3 is 2.55 bits per heavy atom. The van der Waals surface area contributed by atoms with Gasteiger partial charge in [0, 0.05) is 18.0 Å². The maximum atomic E-state index is 13.0. The Morgan fingerprint density at radius 1 is 1.16 bits per heavy atom. The number of hydrogen-bond acceptors (Lipinski definition) is 6. The van der Waals surface area contributed by atoms with Crippen LogP contribution in [-0.4, -0.2) is 31.1 Å². The van der Waals surface area contributed by atoms with Crippen LogP contribution in [0, 0.1) is 6.92 Å². The number of nitrogens with one attached hydrogen (secondary N) is 2. The molecule has 3 N–H and O–H groups in total. The largest absolute Gasteiger partial charge is 0.504 e. The van der Waals surface area contributed by atoms with Crippen LogP contribution < -0.4 is 20.1 Å². The van der Waals surface area contributed by atoms with E-state index in [2.05, 4.69) is 10.6 Å². The summed E-state index contributed by atoms with van der Waals surface area (Å²) in [6.45, 7) is 1.88. The normalized spacial score (nSPS) is 15.1. The average Bonchev–Trinajstić information content (AvgIpc) is 3.10. The Morgan fingerprint density at radius 2 is 1.90 bits per heavy atom. The summed E-state index contributed by atoms with van der Waals surface area (Å²) < 4.78 is 10.3. The van der Waals surface area contributed by atoms with Crippen LogP contribution >= 0.6 is 11.3 Å². The van der Waals surface area contributed by atoms with E-state index in [1.54, 1.807) is 43.5 Å². The van der Waals surface area contributed by atoms with Crippen LogP contribution in [0.25, 0.3) is 0 Å². The fraction of sp³-hybridized carbons (Fsp3) is 0.217. The van der Waals surface area contributed by atoms with Gasteiger partial charge in [0.2, 0.25) is 5.91 Å². The van der Waals surface area contributed by atoms with Gasteiger partial charge in [-0.25, -0.2) is 0 Å². The molecule has 0 bridgehead atoms. The number of carbonyl (C=O) groups excluding carboxylic acids is 2. The van der Waals surface area contributed by atoms with E-state index in [9.17, 15) is 14.7 Å². The molecule has 2 amide bonds. The first-order chi connectivity index (χ1) is 14.9. The number of phenolic OH excluding ortho intramolecular Hbond substituents is 1. The van der Waals surface area contributed by atoms with Gasteiger partial charge in [-0.15, -0.1) is 11.3 Å². The molecule has 0 aliphatic carbocycles. The van der Waals surface area contributed by atoms with Crippen LogP contribution in [-0.2, 0) is 4.79 Å². The van der Waals surface area contributed by atoms with E-state index >= 15 is 0 Å². The fourth-order valence-electron chi connectivity index (χ4n) is 3.79. The van der Waals surface area contributed by atoms with Crippen molar-refractivity contribution in [2.45, 2.75) is 19.3 Å². The van der Waals surface area contributed by atoms with Gasteiger partial charge in [-0.2, -0.15) is 0 Å². The zero-order valence-electron chi connectivity index (χ0n) is 17.3. The van der Waals surface area contributed by atoms with Crippen molar-refractivity contribution in [1.29, 1.82) is 0 Å². The molecule has 0 saturated heterocycles. The summed E-state index contributed by atoms with van der Waals surface area (Å²) in [5.41, 5.74) is 3.15. The molecule has 31 heavy (non-hydrogen) atoms. The summed E-state index contributed by atoms with van der Waals surface area (Å²) in [7, 11) is 3.07. The smallest absolute Gasteiger partial charge is 0.266 e. The van der Waals surface area contributed by atoms with Crippen LogP contribution in [0.1, 0.15) is 38.7 Å². The average molecular weight is 439 g/mol. The molecule has 0 fully saturated rings. The van der Waals surface area contributed by atoms with Gasteiger partial charge in [0.15, 0.2) is 11.5 Å². The minimum Gasteiger partial charge on any atom is -0.504 e. The lowest BCUT2D eigenvalue weighted by Crippen LogP contribution is -2.22. The highest BCUT2D eigenvalue weighted by Gasteiger charge is 2.33. The maximum absolute atomic E-state index is 13.0. The molecule has 3 aromatic rings. The first-order valence-corrected chi connectivity index (χ1v) is 10.5. The molecule has 160 valence electrons. The van der Waals surface area contributed by atoms with E-state index in [-0.39, 0.29) is 29.9 Å². The van der Waals surface area contributed by atoms with E-state index in [0.717, 1.165) is 16.7 Å². The van der Waals surface area contributed by atoms with Crippen LogP contribution in [0.15, 0.2) is 42.5 Å². The predicted molar refractivity (Wildman–Crippen MR) is 120 cm³/mol. The van der Waals surface area contributed by atoms with Gasteiger partial charge in [-0.05, 0) is 60.0 Å². The number of benzene rings is 2. The van der Waals surface area contributed by atoms with E-state index in [1.807, 2.05) is 13.0 Å². The van der Waals surface area contributed by atoms with Crippen molar-refractivity contribution in [3.63, 3.8) is 0 Å². The molecule has 7 nitrogen and oxygen atoms in total. The number of methoxy groups -OCH3 is 2. The number of ether oxygens (including phenoxy) is 2. The van der Waals surface area contributed by atoms with Gasteiger partial charge in [0.1, 0.15) is 5.75 Å². The van der Waals surface area contributed by atoms with Crippen molar-refractivity contribution < 1.29 is 24.2 Å². The highest BCUT2D eigenvalue weighted by atomic mass is 32.1. The van der Waals surface area contributed by atoms with Crippen molar-refractivity contribution >= 4 is 33.8 Å². The third-order valence-corrected chi connectivity index (χ3v) is 6.57. The summed E-state index contributed by atoms with van der Waals surface area (Å²) >= 11 is 1.26. The van der Waals surface area contributed by atoms with Crippen molar-refractivity contribution in [3.05, 3.63) is 64.0 Å². The van der Waals surface area contributed by atoms with E-state index < -0.39 is 0 Å². The Balaban J connectivity index is 1.67. The molecule has 8 heteroatoms. The molecule has 2 heterocycles. The van der Waals surface area contributed by atoms with Crippen LogP contribution in [0.3, 0.4) is 0 Å². The molecule has 0 unspecified atom stereocenters. The van der Waals surface area contributed by atoms with Crippen molar-refractivity contribution in [2.24, 2.45) is 0 Å². The van der Waals surface area contributed by atoms with Gasteiger partial charge in [-0.1, -0.05) is 6.07 Å². The molecule has 1 aromatic heterocycles. The fourth-order valence-corrected chi connectivity index (χ4v) is 4.97. The summed E-state index contributed by atoms with van der Waals surface area (Å²) in [4.78, 5) is 25.9. The first kappa shape index (κ1) is 20.7. The number of rotatable bonds is 5. The Kier molecular flexibility index (Phi) is 5.56. The van der Waals surface area contributed by atoms with Crippen LogP contribution in [0.5, 0.6) is 17.2 Å². The number of thiophene rings is 1. The van der Waals surface area contributed by atoms with Gasteiger partial charge < -0.3 is 25.2 Å². The third kappa shape index (κ3) is 3.94. The van der Waals surface area contributed by atoms with Crippen molar-refractivity contribution in [2.75, 3.05) is 24.9 Å². The predicted octanol–water partition coefficient (Wildman–Crippen LogP) is 4.51. The zero-order chi connectivity index (χ0) is 22.1. The number of aromatic hydroxyl groups is 1. The van der Waals surface area contributed by atoms with Crippen molar-refractivity contribution in [1.82, 2.24) is 0 Å². The molecule has 0 radical (unpaired) electrons. The van der Waals surface area contributed by atoms with Crippen molar-refractivity contribution in [3.8, 4) is 17.2 Å². The molecule has 0 saturated carbocycles. The number of amides is 2. The quantitative estimate of drug-likeness (QED) is 0.545. The minimum absolute atomic E-state index is 0.0119. The van der Waals surface area contributed by atoms with Gasteiger partial charge >= 0.3 is 0 Å². The van der Waals surface area contributed by atoms with E-state index in [1.165, 1.54) is 18.4 Å². The van der Waals surface area contributed by atoms with Gasteiger partial charge in [0.25, 0.3) is 5.91 Å². The molecule has 2 aromatic carbocycles. The number of fused-ring (bicyclic) bond motifs is 1. The highest BCUT2D eigenvalue weighted by molar-refractivity contribution is 7.18. The summed E-state index contributed by atoms with van der Waals surface area (Å²) in [5, 5.41) is 16.6. The second kappa shape index (κ2) is 8.31. The van der Waals surface area contributed by atoms with Gasteiger partial charge in [0.05, 0.1) is 24.1 Å². The summed E-state index contributed by atoms with van der Waals surface area (Å²) in [5.74, 6) is 0.445. The third-order valence-electron chi connectivity index (χ3n) is 5.34. The minimum atomic E-state index is -0.264. The summed E-state index contributed by atoms with van der Waals surface area (Å²) in [6, 6.07) is 12.2. The maximum Gasteiger partial charge on any atom is 0.266 e. The SMILES string of the molecule is COc1ccc(NC(=O)c2sc3c(c2C)[C@H](c2ccc(OC)c(O)c2)CC(=O)N3)cc1. The molecule has 0 spiro atoms. The molecule has 4 rings (SSSR count). The number of carbonyl (C=O) groups is 2. The second-order valence-corrected chi connectivity index (χ2v) is 8.24. The molecule has 1 aliphatic rings. The zero-order valence-corrected chi connectivity index (χ0v) is 18.1. The molecular formula is C23H22N2O5S.